The van der Waals surface area contributed by atoms with Gasteiger partial charge in [0.15, 0.2) is 9.84 Å². The second-order valence-corrected chi connectivity index (χ2v) is 9.15. The van der Waals surface area contributed by atoms with Crippen LogP contribution in [0, 0.1) is 18.6 Å². The van der Waals surface area contributed by atoms with E-state index >= 15 is 0 Å². The van der Waals surface area contributed by atoms with Crippen molar-refractivity contribution in [3.8, 4) is 0 Å². The highest BCUT2D eigenvalue weighted by molar-refractivity contribution is 7.91. The smallest absolute Gasteiger partial charge is 0.229 e. The summed E-state index contributed by atoms with van der Waals surface area (Å²) >= 11 is 0. The Labute approximate surface area is 122 Å². The van der Waals surface area contributed by atoms with E-state index in [0.717, 1.165) is 10.4 Å². The van der Waals surface area contributed by atoms with Crippen LogP contribution in [-0.4, -0.2) is 45.7 Å². The molecular weight excluding hydrogens is 324 g/mol. The molecule has 1 aliphatic heterocycles. The maximum Gasteiger partial charge on any atom is 0.246 e. The molecule has 0 saturated carbocycles. The van der Waals surface area contributed by atoms with Crippen molar-refractivity contribution in [2.75, 3.05) is 24.6 Å². The molecule has 1 heterocycles. The molecule has 0 unspecified atom stereocenters. The number of hydrogen-bond donors (Lipinski definition) is 0. The van der Waals surface area contributed by atoms with E-state index in [-0.39, 0.29) is 36.6 Å². The Morgan fingerprint density at radius 1 is 1.10 bits per heavy atom. The Morgan fingerprint density at radius 3 is 2.43 bits per heavy atom. The predicted molar refractivity (Wildman–Crippen MR) is 73.1 cm³/mol. The van der Waals surface area contributed by atoms with Crippen LogP contribution in [0.1, 0.15) is 12.0 Å². The quantitative estimate of drug-likeness (QED) is 0.808. The van der Waals surface area contributed by atoms with Crippen LogP contribution in [0.3, 0.4) is 0 Å². The first-order valence-corrected chi connectivity index (χ1v) is 9.56. The number of sulfonamides is 1. The van der Waals surface area contributed by atoms with Gasteiger partial charge in [-0.05, 0) is 31.0 Å². The van der Waals surface area contributed by atoms with Crippen LogP contribution < -0.4 is 0 Å². The van der Waals surface area contributed by atoms with Gasteiger partial charge in [0.1, 0.15) is 16.5 Å². The van der Waals surface area contributed by atoms with Crippen molar-refractivity contribution in [3.63, 3.8) is 0 Å². The van der Waals surface area contributed by atoms with E-state index in [2.05, 4.69) is 0 Å². The number of sulfone groups is 1. The van der Waals surface area contributed by atoms with Gasteiger partial charge in [-0.25, -0.2) is 25.6 Å². The maximum atomic E-state index is 13.8. The van der Waals surface area contributed by atoms with Crippen molar-refractivity contribution in [1.29, 1.82) is 0 Å². The Bertz CT molecular complexity index is 760. The molecule has 0 N–H and O–H groups in total. The standard InChI is InChI=1S/C12H15F2NO4S2/c1-9-7-11(14)12(8-10(9)13)21(18,19)15-3-2-5-20(16,17)6-4-15/h7-8H,2-6H2,1H3. The van der Waals surface area contributed by atoms with E-state index < -0.39 is 36.4 Å². The Balaban J connectivity index is 2.41. The van der Waals surface area contributed by atoms with E-state index in [4.69, 9.17) is 0 Å². The number of nitrogens with zero attached hydrogens (tertiary/aromatic N) is 1. The Kier molecular flexibility index (Phi) is 4.36. The highest BCUT2D eigenvalue weighted by atomic mass is 32.2. The average Bonchev–Trinajstić information content (AvgIpc) is 2.55. The summed E-state index contributed by atoms with van der Waals surface area (Å²) in [7, 11) is -7.55. The zero-order chi connectivity index (χ0) is 15.8. The lowest BCUT2D eigenvalue weighted by Gasteiger charge is -2.20. The molecular formula is C12H15F2NO4S2. The average molecular weight is 339 g/mol. The highest BCUT2D eigenvalue weighted by Crippen LogP contribution is 2.23. The van der Waals surface area contributed by atoms with Gasteiger partial charge in [0.2, 0.25) is 10.0 Å². The van der Waals surface area contributed by atoms with Crippen LogP contribution in [0.15, 0.2) is 17.0 Å². The van der Waals surface area contributed by atoms with Crippen molar-refractivity contribution >= 4 is 19.9 Å². The molecule has 1 aromatic carbocycles. The zero-order valence-electron chi connectivity index (χ0n) is 11.3. The second-order valence-electron chi connectivity index (χ2n) is 4.94. The summed E-state index contributed by atoms with van der Waals surface area (Å²) in [6.45, 7) is 1.05. The third kappa shape index (κ3) is 3.41. The molecule has 1 aliphatic rings. The highest BCUT2D eigenvalue weighted by Gasteiger charge is 2.31. The molecule has 5 nitrogen and oxygen atoms in total. The van der Waals surface area contributed by atoms with Crippen LogP contribution in [0.2, 0.25) is 0 Å². The first kappa shape index (κ1) is 16.3. The lowest BCUT2D eigenvalue weighted by Crippen LogP contribution is -2.34. The van der Waals surface area contributed by atoms with E-state index in [0.29, 0.717) is 6.07 Å². The molecule has 118 valence electrons. The van der Waals surface area contributed by atoms with E-state index in [1.165, 1.54) is 6.92 Å². The van der Waals surface area contributed by atoms with Crippen LogP contribution in [-0.2, 0) is 19.9 Å². The number of hydrogen-bond acceptors (Lipinski definition) is 4. The third-order valence-electron chi connectivity index (χ3n) is 3.35. The largest absolute Gasteiger partial charge is 0.246 e. The summed E-state index contributed by atoms with van der Waals surface area (Å²) in [5, 5.41) is 0. The minimum Gasteiger partial charge on any atom is -0.229 e. The topological polar surface area (TPSA) is 71.5 Å². The number of rotatable bonds is 2. The van der Waals surface area contributed by atoms with Crippen LogP contribution in [0.25, 0.3) is 0 Å². The van der Waals surface area contributed by atoms with Gasteiger partial charge in [-0.1, -0.05) is 0 Å². The van der Waals surface area contributed by atoms with Crippen LogP contribution in [0.5, 0.6) is 0 Å². The lowest BCUT2D eigenvalue weighted by atomic mass is 10.2. The number of aryl methyl sites for hydroxylation is 1. The van der Waals surface area contributed by atoms with Gasteiger partial charge in [0.05, 0.1) is 11.5 Å². The molecule has 0 aromatic heterocycles. The summed E-state index contributed by atoms with van der Waals surface area (Å²) in [5.74, 6) is -2.29. The monoisotopic (exact) mass is 339 g/mol. The zero-order valence-corrected chi connectivity index (χ0v) is 13.0. The fourth-order valence-electron chi connectivity index (χ4n) is 2.12. The van der Waals surface area contributed by atoms with Crippen molar-refractivity contribution in [1.82, 2.24) is 4.31 Å². The minimum absolute atomic E-state index is 0.00453. The third-order valence-corrected chi connectivity index (χ3v) is 6.97. The molecule has 0 bridgehead atoms. The second kappa shape index (κ2) is 5.62. The van der Waals surface area contributed by atoms with Crippen LogP contribution in [0.4, 0.5) is 8.78 Å². The Hall–Kier alpha value is -1.06. The first-order chi connectivity index (χ1) is 9.63. The van der Waals surface area contributed by atoms with Gasteiger partial charge in [-0.2, -0.15) is 4.31 Å². The number of benzene rings is 1. The fourth-order valence-corrected chi connectivity index (χ4v) is 5.04. The molecule has 0 spiro atoms. The van der Waals surface area contributed by atoms with Gasteiger partial charge >= 0.3 is 0 Å². The molecule has 0 amide bonds. The van der Waals surface area contributed by atoms with Crippen molar-refractivity contribution in [2.24, 2.45) is 0 Å². The molecule has 1 aromatic rings. The number of halogens is 2. The molecule has 0 atom stereocenters. The SMILES string of the molecule is Cc1cc(F)c(S(=O)(=O)N2CCCS(=O)(=O)CC2)cc1F. The maximum absolute atomic E-state index is 13.8. The van der Waals surface area contributed by atoms with E-state index in [1.54, 1.807) is 0 Å². The van der Waals surface area contributed by atoms with Gasteiger partial charge in [-0.3, -0.25) is 0 Å². The Morgan fingerprint density at radius 2 is 1.76 bits per heavy atom. The van der Waals surface area contributed by atoms with Gasteiger partial charge in [0, 0.05) is 13.1 Å². The molecule has 0 aliphatic carbocycles. The normalized spacial score (nSPS) is 20.1. The fraction of sp³-hybridized carbons (Fsp3) is 0.500. The molecule has 2 rings (SSSR count). The molecule has 0 radical (unpaired) electrons. The molecule has 9 heteroatoms. The van der Waals surface area contributed by atoms with Crippen LogP contribution >= 0.6 is 0 Å². The van der Waals surface area contributed by atoms with Gasteiger partial charge in [-0.15, -0.1) is 0 Å². The first-order valence-electron chi connectivity index (χ1n) is 6.30. The summed E-state index contributed by atoms with van der Waals surface area (Å²) < 4.78 is 76.0. The van der Waals surface area contributed by atoms with Gasteiger partial charge < -0.3 is 0 Å². The lowest BCUT2D eigenvalue weighted by molar-refractivity contribution is 0.429. The van der Waals surface area contributed by atoms with Crippen molar-refractivity contribution in [2.45, 2.75) is 18.2 Å². The predicted octanol–water partition coefficient (Wildman–Crippen LogP) is 1.08. The summed E-state index contributed by atoms with van der Waals surface area (Å²) in [4.78, 5) is -0.759. The van der Waals surface area contributed by atoms with E-state index in [1.807, 2.05) is 0 Å². The molecule has 1 saturated heterocycles. The summed E-state index contributed by atoms with van der Waals surface area (Å²) in [6, 6.07) is 1.45. The summed E-state index contributed by atoms with van der Waals surface area (Å²) in [5.41, 5.74) is 0.00453. The van der Waals surface area contributed by atoms with Crippen molar-refractivity contribution < 1.29 is 25.6 Å². The van der Waals surface area contributed by atoms with Gasteiger partial charge in [0.25, 0.3) is 0 Å². The minimum atomic E-state index is -4.25. The molecule has 1 fully saturated rings. The van der Waals surface area contributed by atoms with Crippen molar-refractivity contribution in [3.05, 3.63) is 29.3 Å². The summed E-state index contributed by atoms with van der Waals surface area (Å²) in [6.07, 6.45) is 0.136. The molecule has 21 heavy (non-hydrogen) atoms. The van der Waals surface area contributed by atoms with E-state index in [9.17, 15) is 25.6 Å².